The predicted octanol–water partition coefficient (Wildman–Crippen LogP) is 0.533. The molecule has 1 aromatic heterocycles. The molecule has 7 heavy (non-hydrogen) atoms. The number of aromatic amines is 1. The van der Waals surface area contributed by atoms with Gasteiger partial charge in [-0.3, -0.25) is 0 Å². The van der Waals surface area contributed by atoms with Crippen LogP contribution in [0.3, 0.4) is 0 Å². The van der Waals surface area contributed by atoms with E-state index in [1.807, 2.05) is 0 Å². The zero-order valence-electron chi connectivity index (χ0n) is 3.29. The Hall–Kier alpha value is -1.26. The highest BCUT2D eigenvalue weighted by Gasteiger charge is 2.12. The highest BCUT2D eigenvalue weighted by atomic mass is 15.5. The molecule has 1 aromatic rings. The van der Waals surface area contributed by atoms with E-state index >= 15 is 0 Å². The van der Waals surface area contributed by atoms with Gasteiger partial charge in [-0.15, -0.1) is 20.4 Å². The first-order valence-electron chi connectivity index (χ1n) is 1.79. The van der Waals surface area contributed by atoms with Gasteiger partial charge < -0.3 is 0 Å². The molecular weight excluding hydrogens is 94.1 g/mol. The Morgan fingerprint density at radius 3 is 1.86 bits per heavy atom. The number of H-pyrrole nitrogens is 1. The summed E-state index contributed by atoms with van der Waals surface area (Å²) in [4.78, 5) is 0. The van der Waals surface area contributed by atoms with Crippen LogP contribution in [0, 0.1) is 0 Å². The lowest BCUT2D eigenvalue weighted by atomic mass is 10.6. The standard InChI is InChI=1S/C2HN5/c3-1-2(4-3)6-7-5-1/h(H,3,4,5,6,7). The molecule has 0 aliphatic carbocycles. The van der Waals surface area contributed by atoms with Gasteiger partial charge in [-0.25, -0.2) is 0 Å². The summed E-state index contributed by atoms with van der Waals surface area (Å²) in [6.45, 7) is 0. The summed E-state index contributed by atoms with van der Waals surface area (Å²) >= 11 is 0. The van der Waals surface area contributed by atoms with Gasteiger partial charge in [-0.2, -0.15) is 5.21 Å². The highest BCUT2D eigenvalue weighted by molar-refractivity contribution is 5.53. The van der Waals surface area contributed by atoms with Crippen molar-refractivity contribution in [2.75, 3.05) is 0 Å². The molecule has 0 amide bonds. The monoisotopic (exact) mass is 95.0 g/mol. The first kappa shape index (κ1) is 2.84. The maximum absolute atomic E-state index is 3.61. The first-order valence-corrected chi connectivity index (χ1v) is 1.79. The molecule has 5 nitrogen and oxygen atoms in total. The SMILES string of the molecule is N1=Nc2n[nH]nc21. The smallest absolute Gasteiger partial charge is 0.193 e. The largest absolute Gasteiger partial charge is 0.243 e. The van der Waals surface area contributed by atoms with Gasteiger partial charge in [0.1, 0.15) is 0 Å². The molecule has 0 bridgehead atoms. The lowest BCUT2D eigenvalue weighted by molar-refractivity contribution is 0.948. The Morgan fingerprint density at radius 1 is 1.00 bits per heavy atom. The van der Waals surface area contributed by atoms with Crippen LogP contribution < -0.4 is 0 Å². The summed E-state index contributed by atoms with van der Waals surface area (Å²) in [5, 5.41) is 16.6. The lowest BCUT2D eigenvalue weighted by Gasteiger charge is -1.89. The van der Waals surface area contributed by atoms with Gasteiger partial charge in [0.25, 0.3) is 0 Å². The summed E-state index contributed by atoms with van der Waals surface area (Å²) in [5.74, 6) is 1.22. The van der Waals surface area contributed by atoms with E-state index in [1.54, 1.807) is 0 Å². The number of azo groups is 1. The van der Waals surface area contributed by atoms with E-state index in [0.29, 0.717) is 11.6 Å². The summed E-state index contributed by atoms with van der Waals surface area (Å²) in [6.07, 6.45) is 0. The summed E-state index contributed by atoms with van der Waals surface area (Å²) < 4.78 is 0. The Labute approximate surface area is 38.5 Å². The van der Waals surface area contributed by atoms with Crippen LogP contribution in [0.5, 0.6) is 0 Å². The molecule has 0 aromatic carbocycles. The normalized spacial score (nSPS) is 13.1. The lowest BCUT2D eigenvalue weighted by Crippen LogP contribution is -1.69. The molecule has 1 aliphatic rings. The third kappa shape index (κ3) is 0.188. The van der Waals surface area contributed by atoms with Crippen LogP contribution in [-0.2, 0) is 0 Å². The number of fused-ring (bicyclic) bond motifs is 1. The Morgan fingerprint density at radius 2 is 1.57 bits per heavy atom. The number of nitrogens with one attached hydrogen (secondary N) is 1. The zero-order chi connectivity index (χ0) is 4.69. The molecular formula is C2HN5. The van der Waals surface area contributed by atoms with Crippen molar-refractivity contribution in [1.29, 1.82) is 0 Å². The third-order valence-electron chi connectivity index (χ3n) is 0.751. The predicted molar refractivity (Wildman–Crippen MR) is 20.6 cm³/mol. The van der Waals surface area contributed by atoms with Crippen molar-refractivity contribution in [3.05, 3.63) is 0 Å². The van der Waals surface area contributed by atoms with Gasteiger partial charge in [0.15, 0.2) is 0 Å². The fourth-order valence-corrected chi connectivity index (χ4v) is 0.404. The second-order valence-corrected chi connectivity index (χ2v) is 1.17. The molecule has 2 rings (SSSR count). The third-order valence-corrected chi connectivity index (χ3v) is 0.751. The second-order valence-electron chi connectivity index (χ2n) is 1.17. The van der Waals surface area contributed by atoms with Crippen LogP contribution >= 0.6 is 0 Å². The van der Waals surface area contributed by atoms with Gasteiger partial charge in [-0.05, 0) is 0 Å². The topological polar surface area (TPSA) is 66.3 Å². The van der Waals surface area contributed by atoms with E-state index < -0.39 is 0 Å². The van der Waals surface area contributed by atoms with Crippen molar-refractivity contribution in [2.45, 2.75) is 0 Å². The fourth-order valence-electron chi connectivity index (χ4n) is 0.404. The van der Waals surface area contributed by atoms with Gasteiger partial charge in [-0.1, -0.05) is 0 Å². The Bertz CT molecular complexity index is 189. The molecule has 0 spiro atoms. The quantitative estimate of drug-likeness (QED) is 0.518. The van der Waals surface area contributed by atoms with Crippen LogP contribution in [0.15, 0.2) is 10.2 Å². The minimum atomic E-state index is 0.611. The molecule has 0 atom stereocenters. The molecule has 1 aliphatic heterocycles. The summed E-state index contributed by atoms with van der Waals surface area (Å²) in [7, 11) is 0. The Kier molecular flexibility index (Phi) is 0.283. The minimum Gasteiger partial charge on any atom is -0.193 e. The van der Waals surface area contributed by atoms with E-state index in [4.69, 9.17) is 0 Å². The molecule has 0 radical (unpaired) electrons. The van der Waals surface area contributed by atoms with Crippen LogP contribution in [0.1, 0.15) is 0 Å². The summed E-state index contributed by atoms with van der Waals surface area (Å²) in [6, 6.07) is 0. The molecule has 0 fully saturated rings. The number of hydrogen-bond acceptors (Lipinski definition) is 4. The van der Waals surface area contributed by atoms with E-state index in [-0.39, 0.29) is 0 Å². The van der Waals surface area contributed by atoms with Crippen LogP contribution in [0.25, 0.3) is 0 Å². The average Bonchev–Trinajstić information content (AvgIpc) is 1.85. The van der Waals surface area contributed by atoms with E-state index in [9.17, 15) is 0 Å². The molecule has 34 valence electrons. The van der Waals surface area contributed by atoms with Gasteiger partial charge in [0.2, 0.25) is 11.6 Å². The average molecular weight is 95.1 g/mol. The molecule has 0 unspecified atom stereocenters. The van der Waals surface area contributed by atoms with Gasteiger partial charge >= 0.3 is 0 Å². The van der Waals surface area contributed by atoms with Crippen LogP contribution in [0.2, 0.25) is 0 Å². The van der Waals surface area contributed by atoms with Crippen molar-refractivity contribution in [3.63, 3.8) is 0 Å². The van der Waals surface area contributed by atoms with Crippen LogP contribution in [-0.4, -0.2) is 15.4 Å². The maximum atomic E-state index is 3.61. The molecule has 1 N–H and O–H groups in total. The molecule has 2 heterocycles. The first-order chi connectivity index (χ1) is 3.47. The van der Waals surface area contributed by atoms with Crippen molar-refractivity contribution in [3.8, 4) is 0 Å². The van der Waals surface area contributed by atoms with E-state index in [0.717, 1.165) is 0 Å². The van der Waals surface area contributed by atoms with Crippen LogP contribution in [0.4, 0.5) is 11.6 Å². The van der Waals surface area contributed by atoms with Crippen molar-refractivity contribution >= 4 is 11.6 Å². The van der Waals surface area contributed by atoms with E-state index in [1.165, 1.54) is 0 Å². The maximum Gasteiger partial charge on any atom is 0.243 e. The number of rotatable bonds is 0. The number of nitrogens with zero attached hydrogens (tertiary/aromatic N) is 4. The van der Waals surface area contributed by atoms with Gasteiger partial charge in [0.05, 0.1) is 0 Å². The molecule has 0 saturated heterocycles. The van der Waals surface area contributed by atoms with Crippen molar-refractivity contribution in [2.24, 2.45) is 10.2 Å². The summed E-state index contributed by atoms with van der Waals surface area (Å²) in [5.41, 5.74) is 0. The number of hydrogen-bond donors (Lipinski definition) is 1. The zero-order valence-corrected chi connectivity index (χ0v) is 3.29. The Balaban J connectivity index is 2.79. The van der Waals surface area contributed by atoms with Gasteiger partial charge in [0, 0.05) is 0 Å². The molecule has 0 saturated carbocycles. The second kappa shape index (κ2) is 0.699. The van der Waals surface area contributed by atoms with Crippen molar-refractivity contribution < 1.29 is 0 Å². The molecule has 5 heteroatoms. The van der Waals surface area contributed by atoms with E-state index in [2.05, 4.69) is 25.6 Å². The minimum absolute atomic E-state index is 0.611. The number of aromatic nitrogens is 3. The highest BCUT2D eigenvalue weighted by Crippen LogP contribution is 2.30. The van der Waals surface area contributed by atoms with Crippen molar-refractivity contribution in [1.82, 2.24) is 15.4 Å². The fraction of sp³-hybridized carbons (Fsp3) is 0.